The summed E-state index contributed by atoms with van der Waals surface area (Å²) < 4.78 is 0. The largest absolute Gasteiger partial charge is 0.594 e. The Morgan fingerprint density at radius 3 is 2.53 bits per heavy atom. The molecule has 86 valence electrons. The number of rotatable bonds is 2. The molecule has 0 saturated carbocycles. The highest BCUT2D eigenvalue weighted by Crippen LogP contribution is 2.28. The lowest BCUT2D eigenvalue weighted by atomic mass is 10.2. The van der Waals surface area contributed by atoms with Gasteiger partial charge in [-0.25, -0.2) is 0 Å². The third-order valence-corrected chi connectivity index (χ3v) is 2.31. The first-order valence-corrected chi connectivity index (χ1v) is 5.20. The fourth-order valence-corrected chi connectivity index (χ4v) is 1.42. The molecular formula is C13H12N2O2. The minimum atomic E-state index is -0.00705. The van der Waals surface area contributed by atoms with Crippen LogP contribution in [0.2, 0.25) is 0 Å². The lowest BCUT2D eigenvalue weighted by Gasteiger charge is -2.01. The van der Waals surface area contributed by atoms with Crippen LogP contribution in [0.5, 0.6) is 5.75 Å². The molecule has 0 fully saturated rings. The average Bonchev–Trinajstić information content (AvgIpc) is 2.35. The molecule has 0 spiro atoms. The minimum Gasteiger partial charge on any atom is -0.594 e. The highest BCUT2D eigenvalue weighted by atomic mass is 16.5. The predicted octanol–water partition coefficient (Wildman–Crippen LogP) is 3.63. The standard InChI is InChI=1S/C13H12N2O2/c1-10-7-8-13(16)12(9-10)14-15(17)11-5-3-2-4-6-11/h2-9,16H,1H3. The zero-order chi connectivity index (χ0) is 12.3. The highest BCUT2D eigenvalue weighted by Gasteiger charge is 2.06. The first kappa shape index (κ1) is 11.1. The molecule has 0 unspecified atom stereocenters. The van der Waals surface area contributed by atoms with Crippen LogP contribution in [0.3, 0.4) is 0 Å². The third kappa shape index (κ3) is 2.60. The number of phenols is 1. The van der Waals surface area contributed by atoms with Gasteiger partial charge in [0.2, 0.25) is 5.69 Å². The van der Waals surface area contributed by atoms with Crippen molar-refractivity contribution in [1.29, 1.82) is 0 Å². The fraction of sp³-hybridized carbons (Fsp3) is 0.0769. The van der Waals surface area contributed by atoms with Gasteiger partial charge >= 0.3 is 0 Å². The van der Waals surface area contributed by atoms with Crippen molar-refractivity contribution in [3.63, 3.8) is 0 Å². The second kappa shape index (κ2) is 4.65. The number of azo groups is 1. The smallest absolute Gasteiger partial charge is 0.244 e. The van der Waals surface area contributed by atoms with Crippen molar-refractivity contribution in [2.24, 2.45) is 5.11 Å². The van der Waals surface area contributed by atoms with E-state index in [2.05, 4.69) is 5.11 Å². The first-order chi connectivity index (χ1) is 8.16. The number of para-hydroxylation sites is 1. The molecule has 2 aromatic carbocycles. The predicted molar refractivity (Wildman–Crippen MR) is 64.7 cm³/mol. The molecular weight excluding hydrogens is 216 g/mol. The molecule has 0 amide bonds. The minimum absolute atomic E-state index is 0.00705. The van der Waals surface area contributed by atoms with E-state index in [0.717, 1.165) is 5.56 Å². The van der Waals surface area contributed by atoms with Crippen LogP contribution in [0.25, 0.3) is 0 Å². The van der Waals surface area contributed by atoms with Crippen LogP contribution < -0.4 is 0 Å². The van der Waals surface area contributed by atoms with Crippen molar-refractivity contribution in [3.8, 4) is 5.75 Å². The Balaban J connectivity index is 2.39. The summed E-state index contributed by atoms with van der Waals surface area (Å²) in [5.41, 5.74) is 1.63. The van der Waals surface area contributed by atoms with E-state index in [0.29, 0.717) is 10.5 Å². The van der Waals surface area contributed by atoms with Crippen LogP contribution in [0.4, 0.5) is 11.4 Å². The van der Waals surface area contributed by atoms with Gasteiger partial charge in [-0.15, -0.1) is 0 Å². The molecule has 0 heterocycles. The lowest BCUT2D eigenvalue weighted by molar-refractivity contribution is -0.435. The number of aromatic hydroxyl groups is 1. The Morgan fingerprint density at radius 1 is 1.12 bits per heavy atom. The summed E-state index contributed by atoms with van der Waals surface area (Å²) in [6.07, 6.45) is 0. The van der Waals surface area contributed by atoms with E-state index >= 15 is 0 Å². The highest BCUT2D eigenvalue weighted by molar-refractivity contribution is 5.51. The zero-order valence-electron chi connectivity index (χ0n) is 9.37. The van der Waals surface area contributed by atoms with E-state index in [1.807, 2.05) is 13.0 Å². The Bertz CT molecular complexity index is 551. The maximum Gasteiger partial charge on any atom is 0.244 e. The van der Waals surface area contributed by atoms with Gasteiger partial charge in [0, 0.05) is 17.2 Å². The van der Waals surface area contributed by atoms with Crippen LogP contribution in [0.15, 0.2) is 53.6 Å². The monoisotopic (exact) mass is 228 g/mol. The molecule has 2 rings (SSSR count). The second-order valence-electron chi connectivity index (χ2n) is 3.70. The molecule has 0 radical (unpaired) electrons. The molecule has 0 aliphatic carbocycles. The van der Waals surface area contributed by atoms with Crippen molar-refractivity contribution in [3.05, 3.63) is 59.3 Å². The number of benzene rings is 2. The Kier molecular flexibility index (Phi) is 3.05. The van der Waals surface area contributed by atoms with Crippen LogP contribution in [0, 0.1) is 12.1 Å². The molecule has 0 atom stereocenters. The van der Waals surface area contributed by atoms with Gasteiger partial charge < -0.3 is 10.3 Å². The molecule has 17 heavy (non-hydrogen) atoms. The molecule has 0 saturated heterocycles. The maximum atomic E-state index is 11.7. The summed E-state index contributed by atoms with van der Waals surface area (Å²) in [6.45, 7) is 1.87. The van der Waals surface area contributed by atoms with Crippen LogP contribution in [-0.2, 0) is 0 Å². The molecule has 4 heteroatoms. The van der Waals surface area contributed by atoms with E-state index in [1.54, 1.807) is 36.4 Å². The first-order valence-electron chi connectivity index (χ1n) is 5.20. The van der Waals surface area contributed by atoms with E-state index in [4.69, 9.17) is 0 Å². The van der Waals surface area contributed by atoms with E-state index in [-0.39, 0.29) is 11.4 Å². The molecule has 0 aromatic heterocycles. The van der Waals surface area contributed by atoms with Gasteiger partial charge in [0.15, 0.2) is 5.69 Å². The van der Waals surface area contributed by atoms with Gasteiger partial charge in [-0.1, -0.05) is 24.3 Å². The molecule has 1 N–H and O–H groups in total. The van der Waals surface area contributed by atoms with Gasteiger partial charge in [0.05, 0.1) is 0 Å². The number of hydrogen-bond acceptors (Lipinski definition) is 3. The summed E-state index contributed by atoms with van der Waals surface area (Å²) in [5.74, 6) is -0.00705. The van der Waals surface area contributed by atoms with Gasteiger partial charge in [-0.3, -0.25) is 0 Å². The van der Waals surface area contributed by atoms with Gasteiger partial charge in [-0.2, -0.15) is 0 Å². The Hall–Kier alpha value is -2.36. The third-order valence-electron chi connectivity index (χ3n) is 2.31. The molecule has 2 aromatic rings. The van der Waals surface area contributed by atoms with Gasteiger partial charge in [0.1, 0.15) is 5.75 Å². The maximum absolute atomic E-state index is 11.7. The van der Waals surface area contributed by atoms with Crippen molar-refractivity contribution in [2.75, 3.05) is 0 Å². The molecule has 0 aliphatic rings. The van der Waals surface area contributed by atoms with E-state index < -0.39 is 0 Å². The van der Waals surface area contributed by atoms with Crippen LogP contribution in [0.1, 0.15) is 5.56 Å². The van der Waals surface area contributed by atoms with Crippen LogP contribution >= 0.6 is 0 Å². The number of aryl methyl sites for hydroxylation is 1. The molecule has 0 aliphatic heterocycles. The summed E-state index contributed by atoms with van der Waals surface area (Å²) in [4.78, 5) is 0.495. The normalized spacial score (nSPS) is 11.5. The number of phenolic OH excluding ortho intramolecular Hbond substituents is 1. The Morgan fingerprint density at radius 2 is 1.82 bits per heavy atom. The van der Waals surface area contributed by atoms with Crippen molar-refractivity contribution < 1.29 is 9.97 Å². The number of hydrogen-bond donors (Lipinski definition) is 1. The average molecular weight is 228 g/mol. The summed E-state index contributed by atoms with van der Waals surface area (Å²) in [7, 11) is 0. The van der Waals surface area contributed by atoms with E-state index in [9.17, 15) is 10.3 Å². The summed E-state index contributed by atoms with van der Waals surface area (Å²) in [5, 5.41) is 25.1. The van der Waals surface area contributed by atoms with Crippen LogP contribution in [-0.4, -0.2) is 9.97 Å². The lowest BCUT2D eigenvalue weighted by Crippen LogP contribution is -1.89. The molecule has 0 bridgehead atoms. The number of nitrogens with zero attached hydrogens (tertiary/aromatic N) is 2. The SMILES string of the molecule is Cc1ccc(O)c(N=[N+]([O-])c2ccccc2)c1. The van der Waals surface area contributed by atoms with E-state index in [1.165, 1.54) is 6.07 Å². The summed E-state index contributed by atoms with van der Waals surface area (Å²) >= 11 is 0. The van der Waals surface area contributed by atoms with Gasteiger partial charge in [0.25, 0.3) is 0 Å². The second-order valence-corrected chi connectivity index (χ2v) is 3.70. The summed E-state index contributed by atoms with van der Waals surface area (Å²) in [6, 6.07) is 13.6. The van der Waals surface area contributed by atoms with Crippen molar-refractivity contribution >= 4 is 11.4 Å². The zero-order valence-corrected chi connectivity index (χ0v) is 9.37. The van der Waals surface area contributed by atoms with Gasteiger partial charge in [-0.05, 0) is 29.5 Å². The topological polar surface area (TPSA) is 58.7 Å². The van der Waals surface area contributed by atoms with Crippen molar-refractivity contribution in [2.45, 2.75) is 6.92 Å². The fourth-order valence-electron chi connectivity index (χ4n) is 1.42. The molecule has 4 nitrogen and oxygen atoms in total. The quantitative estimate of drug-likeness (QED) is 0.484. The van der Waals surface area contributed by atoms with Crippen molar-refractivity contribution in [1.82, 2.24) is 0 Å². The Labute approximate surface area is 99.1 Å².